The Morgan fingerprint density at radius 1 is 0.634 bits per heavy atom. The average Bonchev–Trinajstić information content (AvgIpc) is 3.58. The van der Waals surface area contributed by atoms with Crippen molar-refractivity contribution in [2.45, 2.75) is 52.6 Å². The largest absolute Gasteiger partial charge is 2.00 e. The van der Waals surface area contributed by atoms with Crippen molar-refractivity contribution in [2.24, 2.45) is 0 Å². The Hall–Kier alpha value is -3.93. The van der Waals surface area contributed by atoms with E-state index in [4.69, 9.17) is 16.4 Å². The topological polar surface area (TPSA) is 35.6 Å². The van der Waals surface area contributed by atoms with Gasteiger partial charge in [0.05, 0.1) is 33.7 Å². The van der Waals surface area contributed by atoms with Crippen LogP contribution in [0.5, 0.6) is 0 Å². The number of aryl methyl sites for hydroxylation is 2. The van der Waals surface area contributed by atoms with Crippen LogP contribution in [-0.4, -0.2) is 19.1 Å². The van der Waals surface area contributed by atoms with Gasteiger partial charge in [-0.1, -0.05) is 80.3 Å². The third-order valence-corrected chi connectivity index (χ3v) is 6.97. The third-order valence-electron chi connectivity index (χ3n) is 6.97. The Balaban J connectivity index is 0.000000373. The number of rotatable bonds is 8. The summed E-state index contributed by atoms with van der Waals surface area (Å²) in [7, 11) is 0. The minimum absolute atomic E-state index is 0. The van der Waals surface area contributed by atoms with Gasteiger partial charge in [0, 0.05) is 13.1 Å². The van der Waals surface area contributed by atoms with E-state index in [1.807, 2.05) is 30.3 Å². The standard InChI is InChI=1S/C28H29N4.C8H5.Pt/c1-3-5-18-31-25-16-9-7-14-23(25)29-27(31)21-12-11-13-22(20-21)28-30-24-15-8-10-17-26(24)32(28)19-6-4-2;1-2-8-6-4-3-5-7-8;/h7-17H,3-6,18-19H2,1-2H3;3-7H;/q2*-1;+2. The molecular weight excluding hydrogens is 684 g/mol. The molecule has 2 aromatic heterocycles. The Bertz CT molecular complexity index is 1640. The molecule has 4 nitrogen and oxygen atoms in total. The number of hydrogen-bond acceptors (Lipinski definition) is 2. The molecule has 6 aromatic rings. The molecule has 0 N–H and O–H groups in total. The van der Waals surface area contributed by atoms with Gasteiger partial charge in [0.2, 0.25) is 0 Å². The molecule has 0 unspecified atom stereocenters. The van der Waals surface area contributed by atoms with Gasteiger partial charge in [-0.3, -0.25) is 15.9 Å². The van der Waals surface area contributed by atoms with Crippen molar-refractivity contribution in [3.63, 3.8) is 0 Å². The number of aromatic nitrogens is 4. The van der Waals surface area contributed by atoms with Crippen LogP contribution < -0.4 is 0 Å². The van der Waals surface area contributed by atoms with E-state index in [9.17, 15) is 0 Å². The van der Waals surface area contributed by atoms with Crippen molar-refractivity contribution in [1.82, 2.24) is 19.1 Å². The van der Waals surface area contributed by atoms with Crippen molar-refractivity contribution in [3.05, 3.63) is 115 Å². The van der Waals surface area contributed by atoms with E-state index >= 15 is 0 Å². The number of para-hydroxylation sites is 4. The van der Waals surface area contributed by atoms with E-state index in [-0.39, 0.29) is 21.1 Å². The molecule has 0 aliphatic heterocycles. The predicted molar refractivity (Wildman–Crippen MR) is 165 cm³/mol. The molecule has 0 spiro atoms. The molecule has 0 saturated heterocycles. The number of hydrogen-bond donors (Lipinski definition) is 0. The third kappa shape index (κ3) is 6.87. The summed E-state index contributed by atoms with van der Waals surface area (Å²) < 4.78 is 4.68. The second-order valence-electron chi connectivity index (χ2n) is 9.83. The van der Waals surface area contributed by atoms with Crippen LogP contribution >= 0.6 is 0 Å². The van der Waals surface area contributed by atoms with Gasteiger partial charge in [0.1, 0.15) is 0 Å². The van der Waals surface area contributed by atoms with E-state index < -0.39 is 0 Å². The number of fused-ring (bicyclic) bond motifs is 2. The Morgan fingerprint density at radius 3 is 1.54 bits per heavy atom. The van der Waals surface area contributed by atoms with E-state index in [1.54, 1.807) is 0 Å². The maximum atomic E-state index is 6.69. The first-order valence-corrected chi connectivity index (χ1v) is 14.1. The molecular formula is C36H34N4Pt. The van der Waals surface area contributed by atoms with Crippen molar-refractivity contribution >= 4 is 22.1 Å². The second-order valence-corrected chi connectivity index (χ2v) is 9.83. The zero-order valence-corrected chi connectivity index (χ0v) is 25.9. The maximum absolute atomic E-state index is 6.69. The first-order chi connectivity index (χ1) is 19.7. The van der Waals surface area contributed by atoms with E-state index in [0.717, 1.165) is 78.1 Å². The Morgan fingerprint density at radius 2 is 1.10 bits per heavy atom. The fourth-order valence-electron chi connectivity index (χ4n) is 4.90. The first-order valence-electron chi connectivity index (χ1n) is 14.1. The maximum Gasteiger partial charge on any atom is 2.00 e. The molecule has 4 aromatic carbocycles. The summed E-state index contributed by atoms with van der Waals surface area (Å²) in [5, 5.41) is 0. The molecule has 0 atom stereocenters. The van der Waals surface area contributed by atoms with Gasteiger partial charge in [-0.15, -0.1) is 42.0 Å². The molecule has 6 rings (SSSR count). The predicted octanol–water partition coefficient (Wildman–Crippen LogP) is 8.74. The average molecular weight is 718 g/mol. The van der Waals surface area contributed by atoms with Gasteiger partial charge in [0.25, 0.3) is 0 Å². The summed E-state index contributed by atoms with van der Waals surface area (Å²) in [5.41, 5.74) is 7.30. The van der Waals surface area contributed by atoms with Gasteiger partial charge in [-0.2, -0.15) is 0 Å². The molecule has 5 heteroatoms. The monoisotopic (exact) mass is 717 g/mol. The van der Waals surface area contributed by atoms with Crippen LogP contribution in [0.25, 0.3) is 44.8 Å². The molecule has 0 saturated carbocycles. The normalized spacial score (nSPS) is 10.6. The number of benzene rings is 4. The fourth-order valence-corrected chi connectivity index (χ4v) is 4.90. The molecule has 208 valence electrons. The fraction of sp³-hybridized carbons (Fsp3) is 0.222. The summed E-state index contributed by atoms with van der Waals surface area (Å²) >= 11 is 0. The smallest absolute Gasteiger partial charge is 0.366 e. The van der Waals surface area contributed by atoms with E-state index in [2.05, 4.69) is 102 Å². The summed E-state index contributed by atoms with van der Waals surface area (Å²) in [6.07, 6.45) is 11.2. The summed E-state index contributed by atoms with van der Waals surface area (Å²) in [6, 6.07) is 36.2. The number of imidazole rings is 2. The summed E-state index contributed by atoms with van der Waals surface area (Å²) in [5.74, 6) is 4.24. The van der Waals surface area contributed by atoms with Crippen LogP contribution in [-0.2, 0) is 34.2 Å². The van der Waals surface area contributed by atoms with Crippen molar-refractivity contribution < 1.29 is 21.1 Å². The number of nitrogens with zero attached hydrogens (tertiary/aromatic N) is 4. The zero-order valence-electron chi connectivity index (χ0n) is 23.6. The van der Waals surface area contributed by atoms with Gasteiger partial charge in [-0.25, -0.2) is 0 Å². The summed E-state index contributed by atoms with van der Waals surface area (Å²) in [6.45, 7) is 6.37. The van der Waals surface area contributed by atoms with Crippen LogP contribution in [0, 0.1) is 18.4 Å². The molecule has 0 aliphatic carbocycles. The Kier molecular flexibility index (Phi) is 10.7. The molecule has 41 heavy (non-hydrogen) atoms. The SMILES string of the molecule is CCCCn1c(-c2[c-]c(-c3nc4ccccc4n3CCCC)ccc2)nc2ccccc21.[C-]#Cc1ccccc1.[Pt+2]. The van der Waals surface area contributed by atoms with Gasteiger partial charge in [0.15, 0.2) is 0 Å². The molecule has 0 fully saturated rings. The van der Waals surface area contributed by atoms with Crippen LogP contribution in [0.3, 0.4) is 0 Å². The van der Waals surface area contributed by atoms with Crippen LogP contribution in [0.1, 0.15) is 45.1 Å². The zero-order chi connectivity index (χ0) is 27.7. The summed E-state index contributed by atoms with van der Waals surface area (Å²) in [4.78, 5) is 9.98. The van der Waals surface area contributed by atoms with E-state index in [0.29, 0.717) is 0 Å². The number of unbranched alkanes of at least 4 members (excludes halogenated alkanes) is 2. The molecule has 2 heterocycles. The molecule has 0 amide bonds. The van der Waals surface area contributed by atoms with Crippen molar-refractivity contribution in [3.8, 4) is 28.7 Å². The first kappa shape index (κ1) is 30.0. The minimum Gasteiger partial charge on any atom is -0.366 e. The Labute approximate surface area is 257 Å². The molecule has 0 radical (unpaired) electrons. The van der Waals surface area contributed by atoms with Crippen molar-refractivity contribution in [2.75, 3.05) is 0 Å². The van der Waals surface area contributed by atoms with Gasteiger partial charge < -0.3 is 15.6 Å². The van der Waals surface area contributed by atoms with Gasteiger partial charge >= 0.3 is 21.1 Å². The van der Waals surface area contributed by atoms with E-state index in [1.165, 1.54) is 11.0 Å². The molecule has 0 bridgehead atoms. The van der Waals surface area contributed by atoms with Crippen LogP contribution in [0.2, 0.25) is 0 Å². The van der Waals surface area contributed by atoms with Crippen LogP contribution in [0.4, 0.5) is 0 Å². The van der Waals surface area contributed by atoms with Crippen LogP contribution in [0.15, 0.2) is 97.1 Å². The second kappa shape index (κ2) is 14.6. The minimum atomic E-state index is 0. The quantitative estimate of drug-likeness (QED) is 0.117. The van der Waals surface area contributed by atoms with Gasteiger partial charge in [-0.05, 0) is 37.1 Å². The van der Waals surface area contributed by atoms with Crippen molar-refractivity contribution in [1.29, 1.82) is 0 Å². The molecule has 0 aliphatic rings.